The van der Waals surface area contributed by atoms with Crippen molar-refractivity contribution in [1.29, 1.82) is 0 Å². The van der Waals surface area contributed by atoms with Gasteiger partial charge in [-0.25, -0.2) is 0 Å². The monoisotopic (exact) mass is 249 g/mol. The Morgan fingerprint density at radius 3 is 3.00 bits per heavy atom. The van der Waals surface area contributed by atoms with Crippen LogP contribution in [0.25, 0.3) is 0 Å². The van der Waals surface area contributed by atoms with Gasteiger partial charge in [0.15, 0.2) is 0 Å². The van der Waals surface area contributed by atoms with Crippen LogP contribution >= 0.6 is 0 Å². The van der Waals surface area contributed by atoms with E-state index in [9.17, 15) is 0 Å². The molecule has 18 heavy (non-hydrogen) atoms. The van der Waals surface area contributed by atoms with Crippen LogP contribution in [-0.2, 0) is 4.74 Å². The highest BCUT2D eigenvalue weighted by atomic mass is 16.5. The van der Waals surface area contributed by atoms with Crippen molar-refractivity contribution in [2.45, 2.75) is 44.8 Å². The highest BCUT2D eigenvalue weighted by molar-refractivity contribution is 5.39. The van der Waals surface area contributed by atoms with Crippen molar-refractivity contribution in [3.63, 3.8) is 0 Å². The molecule has 2 unspecified atom stereocenters. The average molecular weight is 249 g/mol. The van der Waals surface area contributed by atoms with Crippen LogP contribution in [0.2, 0.25) is 0 Å². The van der Waals surface area contributed by atoms with Gasteiger partial charge >= 0.3 is 0 Å². The fourth-order valence-corrected chi connectivity index (χ4v) is 2.52. The van der Waals surface area contributed by atoms with Crippen molar-refractivity contribution >= 4 is 0 Å². The highest BCUT2D eigenvalue weighted by Gasteiger charge is 2.18. The Morgan fingerprint density at radius 2 is 2.33 bits per heavy atom. The van der Waals surface area contributed by atoms with E-state index in [4.69, 9.17) is 15.2 Å². The number of rotatable bonds is 5. The summed E-state index contributed by atoms with van der Waals surface area (Å²) in [6, 6.07) is 6.24. The van der Waals surface area contributed by atoms with Crippen molar-refractivity contribution in [2.24, 2.45) is 5.73 Å². The van der Waals surface area contributed by atoms with E-state index in [1.807, 2.05) is 6.07 Å². The van der Waals surface area contributed by atoms with Gasteiger partial charge in [0, 0.05) is 18.2 Å². The fourth-order valence-electron chi connectivity index (χ4n) is 2.52. The van der Waals surface area contributed by atoms with Crippen LogP contribution in [0.5, 0.6) is 5.75 Å². The average Bonchev–Trinajstić information content (AvgIpc) is 2.88. The maximum Gasteiger partial charge on any atom is 0.123 e. The van der Waals surface area contributed by atoms with Crippen LogP contribution in [-0.4, -0.2) is 19.8 Å². The van der Waals surface area contributed by atoms with Crippen molar-refractivity contribution in [3.05, 3.63) is 29.3 Å². The van der Waals surface area contributed by atoms with E-state index < -0.39 is 0 Å². The Morgan fingerprint density at radius 1 is 1.50 bits per heavy atom. The highest BCUT2D eigenvalue weighted by Crippen LogP contribution is 2.29. The third kappa shape index (κ3) is 3.24. The van der Waals surface area contributed by atoms with Gasteiger partial charge in [0.05, 0.1) is 13.2 Å². The number of aryl methyl sites for hydroxylation is 1. The van der Waals surface area contributed by atoms with Gasteiger partial charge in [0.2, 0.25) is 0 Å². The molecule has 1 aliphatic heterocycles. The number of benzene rings is 1. The summed E-state index contributed by atoms with van der Waals surface area (Å²) in [7, 11) is 1.70. The summed E-state index contributed by atoms with van der Waals surface area (Å²) in [5, 5.41) is 0. The lowest BCUT2D eigenvalue weighted by molar-refractivity contribution is 0.101. The number of hydrogen-bond acceptors (Lipinski definition) is 3. The maximum absolute atomic E-state index is 6.26. The second kappa shape index (κ2) is 6.21. The third-order valence-corrected chi connectivity index (χ3v) is 3.61. The molecule has 1 aromatic carbocycles. The van der Waals surface area contributed by atoms with E-state index in [0.29, 0.717) is 6.10 Å². The molecule has 2 rings (SSSR count). The zero-order valence-corrected chi connectivity index (χ0v) is 11.3. The topological polar surface area (TPSA) is 44.5 Å². The molecule has 3 nitrogen and oxygen atoms in total. The summed E-state index contributed by atoms with van der Waals surface area (Å²) in [6.07, 6.45) is 4.76. The van der Waals surface area contributed by atoms with E-state index in [1.54, 1.807) is 7.11 Å². The molecular formula is C15H23NO2. The molecule has 2 atom stereocenters. The van der Waals surface area contributed by atoms with Gasteiger partial charge in [0.1, 0.15) is 5.75 Å². The molecule has 0 saturated carbocycles. The summed E-state index contributed by atoms with van der Waals surface area (Å²) in [5.74, 6) is 0.898. The molecule has 1 fully saturated rings. The van der Waals surface area contributed by atoms with Crippen LogP contribution in [0.1, 0.15) is 42.9 Å². The third-order valence-electron chi connectivity index (χ3n) is 3.61. The van der Waals surface area contributed by atoms with Gasteiger partial charge in [-0.05, 0) is 44.2 Å². The molecule has 3 heteroatoms. The number of ether oxygens (including phenoxy) is 2. The second-order valence-corrected chi connectivity index (χ2v) is 5.06. The SMILES string of the molecule is COc1cc(C)ccc1C(N)CCC1CCCO1. The van der Waals surface area contributed by atoms with Gasteiger partial charge in [0.25, 0.3) is 0 Å². The van der Waals surface area contributed by atoms with E-state index >= 15 is 0 Å². The molecule has 0 bridgehead atoms. The zero-order valence-electron chi connectivity index (χ0n) is 11.3. The number of nitrogens with two attached hydrogens (primary N) is 1. The first kappa shape index (κ1) is 13.4. The minimum Gasteiger partial charge on any atom is -0.496 e. The van der Waals surface area contributed by atoms with Crippen LogP contribution in [0, 0.1) is 6.92 Å². The Hall–Kier alpha value is -1.06. The van der Waals surface area contributed by atoms with Gasteiger partial charge in [-0.2, -0.15) is 0 Å². The molecule has 0 spiro atoms. The first-order valence-electron chi connectivity index (χ1n) is 6.72. The minimum atomic E-state index is 0.0322. The molecule has 2 N–H and O–H groups in total. The van der Waals surface area contributed by atoms with E-state index in [-0.39, 0.29) is 6.04 Å². The lowest BCUT2D eigenvalue weighted by Gasteiger charge is -2.18. The Bertz CT molecular complexity index is 386. The second-order valence-electron chi connectivity index (χ2n) is 5.06. The predicted octanol–water partition coefficient (Wildman–Crippen LogP) is 2.96. The van der Waals surface area contributed by atoms with E-state index in [0.717, 1.165) is 30.8 Å². The molecule has 1 aromatic rings. The molecule has 1 saturated heterocycles. The van der Waals surface area contributed by atoms with Crippen molar-refractivity contribution in [3.8, 4) is 5.75 Å². The zero-order chi connectivity index (χ0) is 13.0. The van der Waals surface area contributed by atoms with Crippen LogP contribution in [0.4, 0.5) is 0 Å². The van der Waals surface area contributed by atoms with Crippen LogP contribution in [0.15, 0.2) is 18.2 Å². The molecule has 0 amide bonds. The van der Waals surface area contributed by atoms with Crippen molar-refractivity contribution in [2.75, 3.05) is 13.7 Å². The minimum absolute atomic E-state index is 0.0322. The first-order chi connectivity index (χ1) is 8.70. The van der Waals surface area contributed by atoms with E-state index in [1.165, 1.54) is 18.4 Å². The van der Waals surface area contributed by atoms with Crippen LogP contribution < -0.4 is 10.5 Å². The molecule has 0 aromatic heterocycles. The molecular weight excluding hydrogens is 226 g/mol. The van der Waals surface area contributed by atoms with E-state index in [2.05, 4.69) is 19.1 Å². The van der Waals surface area contributed by atoms with Crippen LogP contribution in [0.3, 0.4) is 0 Å². The molecule has 0 aliphatic carbocycles. The Balaban J connectivity index is 1.96. The van der Waals surface area contributed by atoms with Crippen molar-refractivity contribution in [1.82, 2.24) is 0 Å². The molecule has 100 valence electrons. The lowest BCUT2D eigenvalue weighted by Crippen LogP contribution is -2.15. The lowest BCUT2D eigenvalue weighted by atomic mass is 9.98. The first-order valence-corrected chi connectivity index (χ1v) is 6.72. The van der Waals surface area contributed by atoms with Gasteiger partial charge in [-0.1, -0.05) is 12.1 Å². The molecule has 1 aliphatic rings. The quantitative estimate of drug-likeness (QED) is 0.872. The maximum atomic E-state index is 6.26. The molecule has 1 heterocycles. The summed E-state index contributed by atoms with van der Waals surface area (Å²) in [5.41, 5.74) is 8.56. The van der Waals surface area contributed by atoms with Gasteiger partial charge < -0.3 is 15.2 Å². The molecule has 0 radical (unpaired) electrons. The standard InChI is InChI=1S/C15H23NO2/c1-11-5-7-13(15(10-11)17-2)14(16)8-6-12-4-3-9-18-12/h5,7,10,12,14H,3-4,6,8-9,16H2,1-2H3. The summed E-state index contributed by atoms with van der Waals surface area (Å²) >= 11 is 0. The largest absolute Gasteiger partial charge is 0.496 e. The predicted molar refractivity (Wildman–Crippen MR) is 72.9 cm³/mol. The smallest absolute Gasteiger partial charge is 0.123 e. The number of hydrogen-bond donors (Lipinski definition) is 1. The summed E-state index contributed by atoms with van der Waals surface area (Å²) < 4.78 is 11.0. The normalized spacial score (nSPS) is 20.9. The van der Waals surface area contributed by atoms with Gasteiger partial charge in [-0.3, -0.25) is 0 Å². The van der Waals surface area contributed by atoms with Gasteiger partial charge in [-0.15, -0.1) is 0 Å². The summed E-state index contributed by atoms with van der Waals surface area (Å²) in [4.78, 5) is 0. The summed E-state index contributed by atoms with van der Waals surface area (Å²) in [6.45, 7) is 2.97. The number of methoxy groups -OCH3 is 1. The Kier molecular flexibility index (Phi) is 4.61. The fraction of sp³-hybridized carbons (Fsp3) is 0.600. The van der Waals surface area contributed by atoms with Crippen molar-refractivity contribution < 1.29 is 9.47 Å². The Labute approximate surface area is 109 Å².